The van der Waals surface area contributed by atoms with Gasteiger partial charge in [0.1, 0.15) is 10.6 Å². The van der Waals surface area contributed by atoms with Gasteiger partial charge < -0.3 is 4.74 Å². The first-order valence-electron chi connectivity index (χ1n) is 3.24. The Balaban J connectivity index is 2.55. The number of alkyl halides is 1. The van der Waals surface area contributed by atoms with E-state index in [0.29, 0.717) is 5.75 Å². The van der Waals surface area contributed by atoms with Gasteiger partial charge in [-0.05, 0) is 6.07 Å². The number of hydrogen-bond acceptors (Lipinski definition) is 2. The SMILES string of the molecule is O=C1Oc2ccccc2C1Br. The van der Waals surface area contributed by atoms with Gasteiger partial charge >= 0.3 is 5.97 Å². The molecule has 0 saturated carbocycles. The molecule has 2 rings (SSSR count). The Morgan fingerprint density at radius 3 is 2.82 bits per heavy atom. The lowest BCUT2D eigenvalue weighted by Crippen LogP contribution is -2.03. The third-order valence-electron chi connectivity index (χ3n) is 1.61. The van der Waals surface area contributed by atoms with Crippen LogP contribution in [0.1, 0.15) is 10.4 Å². The second kappa shape index (κ2) is 2.34. The summed E-state index contributed by atoms with van der Waals surface area (Å²) in [4.78, 5) is 10.7. The van der Waals surface area contributed by atoms with Crippen LogP contribution in [0.4, 0.5) is 0 Å². The van der Waals surface area contributed by atoms with Gasteiger partial charge in [-0.1, -0.05) is 34.1 Å². The molecule has 0 aliphatic carbocycles. The minimum Gasteiger partial charge on any atom is -0.425 e. The number of hydrogen-bond donors (Lipinski definition) is 0. The number of esters is 1. The molecule has 0 aromatic heterocycles. The average Bonchev–Trinajstić information content (AvgIpc) is 2.30. The fourth-order valence-corrected chi connectivity index (χ4v) is 1.54. The van der Waals surface area contributed by atoms with Crippen LogP contribution in [0, 0.1) is 0 Å². The van der Waals surface area contributed by atoms with E-state index in [9.17, 15) is 4.79 Å². The molecule has 3 heteroatoms. The molecule has 1 atom stereocenters. The average molecular weight is 213 g/mol. The van der Waals surface area contributed by atoms with E-state index in [-0.39, 0.29) is 10.8 Å². The number of fused-ring (bicyclic) bond motifs is 1. The highest BCUT2D eigenvalue weighted by Gasteiger charge is 2.29. The number of benzene rings is 1. The number of para-hydroxylation sites is 1. The van der Waals surface area contributed by atoms with Crippen molar-refractivity contribution in [1.29, 1.82) is 0 Å². The Hall–Kier alpha value is -0.830. The second-order valence-electron chi connectivity index (χ2n) is 2.32. The molecule has 0 amide bonds. The molecule has 0 N–H and O–H groups in total. The summed E-state index contributed by atoms with van der Waals surface area (Å²) in [6, 6.07) is 7.39. The van der Waals surface area contributed by atoms with Crippen LogP contribution in [0.5, 0.6) is 5.75 Å². The Kier molecular flexibility index (Phi) is 1.46. The van der Waals surface area contributed by atoms with Crippen molar-refractivity contribution in [3.8, 4) is 5.75 Å². The molecule has 1 aliphatic rings. The Morgan fingerprint density at radius 1 is 1.36 bits per heavy atom. The van der Waals surface area contributed by atoms with Crippen LogP contribution in [-0.4, -0.2) is 5.97 Å². The zero-order valence-electron chi connectivity index (χ0n) is 5.58. The normalized spacial score (nSPS) is 21.2. The lowest BCUT2D eigenvalue weighted by atomic mass is 10.2. The molecule has 56 valence electrons. The standard InChI is InChI=1S/C8H5BrO2/c9-7-5-3-1-2-4-6(5)11-8(7)10/h1-4,7H. The van der Waals surface area contributed by atoms with Gasteiger partial charge in [-0.15, -0.1) is 0 Å². The summed E-state index contributed by atoms with van der Waals surface area (Å²) in [5.74, 6) is 0.436. The van der Waals surface area contributed by atoms with Gasteiger partial charge in [-0.25, -0.2) is 0 Å². The molecule has 0 radical (unpaired) electrons. The zero-order valence-corrected chi connectivity index (χ0v) is 7.17. The van der Waals surface area contributed by atoms with Crippen LogP contribution in [0.2, 0.25) is 0 Å². The Labute approximate surface area is 72.3 Å². The third-order valence-corrected chi connectivity index (χ3v) is 2.48. The van der Waals surface area contributed by atoms with Crippen LogP contribution >= 0.6 is 15.9 Å². The first-order chi connectivity index (χ1) is 5.29. The maximum absolute atomic E-state index is 11.0. The number of halogens is 1. The van der Waals surface area contributed by atoms with Crippen molar-refractivity contribution in [2.24, 2.45) is 0 Å². The molecular formula is C8H5BrO2. The van der Waals surface area contributed by atoms with E-state index in [1.165, 1.54) is 0 Å². The molecule has 1 aliphatic heterocycles. The smallest absolute Gasteiger partial charge is 0.329 e. The van der Waals surface area contributed by atoms with E-state index >= 15 is 0 Å². The van der Waals surface area contributed by atoms with Crippen LogP contribution in [0.25, 0.3) is 0 Å². The number of carbonyl (C=O) groups excluding carboxylic acids is 1. The van der Waals surface area contributed by atoms with Crippen LogP contribution in [-0.2, 0) is 4.79 Å². The summed E-state index contributed by atoms with van der Waals surface area (Å²) in [6.45, 7) is 0. The van der Waals surface area contributed by atoms with Crippen molar-refractivity contribution < 1.29 is 9.53 Å². The van der Waals surface area contributed by atoms with Gasteiger partial charge in [0, 0.05) is 5.56 Å². The third kappa shape index (κ3) is 0.959. The van der Waals surface area contributed by atoms with Gasteiger partial charge in [-0.2, -0.15) is 0 Å². The largest absolute Gasteiger partial charge is 0.425 e. The Bertz CT molecular complexity index is 309. The molecule has 1 unspecified atom stereocenters. The molecular weight excluding hydrogens is 208 g/mol. The van der Waals surface area contributed by atoms with Gasteiger partial charge in [0.05, 0.1) is 0 Å². The molecule has 1 aromatic carbocycles. The van der Waals surface area contributed by atoms with E-state index in [1.54, 1.807) is 6.07 Å². The van der Waals surface area contributed by atoms with Crippen LogP contribution in [0.3, 0.4) is 0 Å². The summed E-state index contributed by atoms with van der Waals surface area (Å²) in [5, 5.41) is 0. The first-order valence-corrected chi connectivity index (χ1v) is 4.15. The van der Waals surface area contributed by atoms with Crippen LogP contribution in [0.15, 0.2) is 24.3 Å². The van der Waals surface area contributed by atoms with Crippen molar-refractivity contribution in [1.82, 2.24) is 0 Å². The number of rotatable bonds is 0. The molecule has 0 bridgehead atoms. The van der Waals surface area contributed by atoms with E-state index < -0.39 is 0 Å². The number of ether oxygens (including phenoxy) is 1. The molecule has 1 aromatic rings. The monoisotopic (exact) mass is 212 g/mol. The van der Waals surface area contributed by atoms with Crippen molar-refractivity contribution in [2.45, 2.75) is 4.83 Å². The van der Waals surface area contributed by atoms with Gasteiger partial charge in [0.15, 0.2) is 0 Å². The maximum Gasteiger partial charge on any atom is 0.329 e. The maximum atomic E-state index is 11.0. The number of carbonyl (C=O) groups is 1. The fourth-order valence-electron chi connectivity index (χ4n) is 1.07. The highest BCUT2D eigenvalue weighted by molar-refractivity contribution is 9.09. The van der Waals surface area contributed by atoms with E-state index in [2.05, 4.69) is 15.9 Å². The molecule has 11 heavy (non-hydrogen) atoms. The van der Waals surface area contributed by atoms with Gasteiger partial charge in [-0.3, -0.25) is 4.79 Å². The van der Waals surface area contributed by atoms with E-state index in [0.717, 1.165) is 5.56 Å². The predicted octanol–water partition coefficient (Wildman–Crippen LogP) is 2.04. The fraction of sp³-hybridized carbons (Fsp3) is 0.125. The molecule has 0 fully saturated rings. The minimum absolute atomic E-state index is 0.230. The first kappa shape index (κ1) is 6.85. The molecule has 0 saturated heterocycles. The van der Waals surface area contributed by atoms with E-state index in [4.69, 9.17) is 4.74 Å². The summed E-state index contributed by atoms with van der Waals surface area (Å²) in [7, 11) is 0. The highest BCUT2D eigenvalue weighted by Crippen LogP contribution is 2.37. The highest BCUT2D eigenvalue weighted by atomic mass is 79.9. The summed E-state index contributed by atoms with van der Waals surface area (Å²) >= 11 is 3.23. The zero-order chi connectivity index (χ0) is 7.84. The molecule has 1 heterocycles. The van der Waals surface area contributed by atoms with Crippen molar-refractivity contribution >= 4 is 21.9 Å². The minimum atomic E-state index is -0.279. The van der Waals surface area contributed by atoms with Gasteiger partial charge in [0.2, 0.25) is 0 Å². The van der Waals surface area contributed by atoms with E-state index in [1.807, 2.05) is 18.2 Å². The van der Waals surface area contributed by atoms with Crippen molar-refractivity contribution in [3.63, 3.8) is 0 Å². The van der Waals surface area contributed by atoms with Crippen LogP contribution < -0.4 is 4.74 Å². The predicted molar refractivity (Wildman–Crippen MR) is 43.7 cm³/mol. The topological polar surface area (TPSA) is 26.3 Å². The summed E-state index contributed by atoms with van der Waals surface area (Å²) < 4.78 is 4.93. The summed E-state index contributed by atoms with van der Waals surface area (Å²) in [6.07, 6.45) is 0. The summed E-state index contributed by atoms with van der Waals surface area (Å²) in [5.41, 5.74) is 0.914. The lowest BCUT2D eigenvalue weighted by molar-refractivity contribution is -0.131. The lowest BCUT2D eigenvalue weighted by Gasteiger charge is -1.93. The Morgan fingerprint density at radius 2 is 2.09 bits per heavy atom. The molecule has 0 spiro atoms. The van der Waals surface area contributed by atoms with Gasteiger partial charge in [0.25, 0.3) is 0 Å². The molecule has 2 nitrogen and oxygen atoms in total. The van der Waals surface area contributed by atoms with Crippen molar-refractivity contribution in [3.05, 3.63) is 29.8 Å². The quantitative estimate of drug-likeness (QED) is 0.374. The second-order valence-corrected chi connectivity index (χ2v) is 3.24. The van der Waals surface area contributed by atoms with Crippen molar-refractivity contribution in [2.75, 3.05) is 0 Å².